The number of carbonyl (C=O) groups is 3. The number of aryl methyl sites for hydroxylation is 1. The molecule has 3 heterocycles. The van der Waals surface area contributed by atoms with E-state index in [1.807, 2.05) is 31.2 Å². The zero-order valence-corrected chi connectivity index (χ0v) is 20.4. The van der Waals surface area contributed by atoms with Gasteiger partial charge in [0.25, 0.3) is 5.56 Å². The first-order chi connectivity index (χ1) is 16.8. The van der Waals surface area contributed by atoms with Crippen LogP contribution in [0.15, 0.2) is 35.1 Å². The number of rotatable bonds is 6. The molecule has 1 aromatic heterocycles. The summed E-state index contributed by atoms with van der Waals surface area (Å²) in [5.74, 6) is -0.428. The SMILES string of the molecule is COC(=O)c1c(OCC2CC(=O)N(C)C2)cc(=O)n2c1CCN(C(=O)Cc1ccccc1C)CC2. The highest BCUT2D eigenvalue weighted by atomic mass is 16.5. The smallest absolute Gasteiger partial charge is 0.343 e. The minimum Gasteiger partial charge on any atom is -0.492 e. The minimum atomic E-state index is -0.594. The van der Waals surface area contributed by atoms with Gasteiger partial charge >= 0.3 is 5.97 Å². The Kier molecular flexibility index (Phi) is 7.23. The molecule has 4 rings (SSSR count). The Morgan fingerprint density at radius 1 is 1.11 bits per heavy atom. The van der Waals surface area contributed by atoms with Gasteiger partial charge in [-0.3, -0.25) is 14.4 Å². The summed E-state index contributed by atoms with van der Waals surface area (Å²) in [4.78, 5) is 54.0. The number of likely N-dealkylation sites (tertiary alicyclic amines) is 1. The maximum absolute atomic E-state index is 13.0. The number of esters is 1. The average Bonchev–Trinajstić information content (AvgIpc) is 3.02. The fraction of sp³-hybridized carbons (Fsp3) is 0.462. The number of pyridine rings is 1. The van der Waals surface area contributed by atoms with Crippen LogP contribution in [0.2, 0.25) is 0 Å². The lowest BCUT2D eigenvalue weighted by atomic mass is 10.1. The molecular weight excluding hydrogens is 450 g/mol. The third kappa shape index (κ3) is 5.23. The molecule has 0 N–H and O–H groups in total. The lowest BCUT2D eigenvalue weighted by Crippen LogP contribution is -2.35. The maximum atomic E-state index is 13.0. The Morgan fingerprint density at radius 2 is 1.89 bits per heavy atom. The third-order valence-electron chi connectivity index (χ3n) is 6.83. The summed E-state index contributed by atoms with van der Waals surface area (Å²) in [5, 5.41) is 0. The molecule has 2 aliphatic heterocycles. The van der Waals surface area contributed by atoms with Crippen LogP contribution in [0.4, 0.5) is 0 Å². The molecule has 2 aromatic rings. The summed E-state index contributed by atoms with van der Waals surface area (Å²) in [6, 6.07) is 9.08. The van der Waals surface area contributed by atoms with Crippen molar-refractivity contribution in [3.63, 3.8) is 0 Å². The van der Waals surface area contributed by atoms with Crippen LogP contribution in [-0.2, 0) is 33.7 Å². The minimum absolute atomic E-state index is 0.0193. The van der Waals surface area contributed by atoms with Crippen molar-refractivity contribution in [2.75, 3.05) is 40.4 Å². The number of benzene rings is 1. The number of hydrogen-bond acceptors (Lipinski definition) is 6. The molecule has 0 radical (unpaired) electrons. The van der Waals surface area contributed by atoms with Gasteiger partial charge in [-0.15, -0.1) is 0 Å². The second-order valence-corrected chi connectivity index (χ2v) is 9.20. The van der Waals surface area contributed by atoms with Crippen molar-refractivity contribution >= 4 is 17.8 Å². The van der Waals surface area contributed by atoms with Crippen LogP contribution < -0.4 is 10.3 Å². The van der Waals surface area contributed by atoms with Crippen molar-refractivity contribution in [1.29, 1.82) is 0 Å². The second-order valence-electron chi connectivity index (χ2n) is 9.20. The lowest BCUT2D eigenvalue weighted by Gasteiger charge is -2.20. The van der Waals surface area contributed by atoms with Crippen LogP contribution >= 0.6 is 0 Å². The van der Waals surface area contributed by atoms with E-state index in [2.05, 4.69) is 0 Å². The van der Waals surface area contributed by atoms with Crippen molar-refractivity contribution in [3.05, 3.63) is 63.1 Å². The Hall–Kier alpha value is -3.62. The van der Waals surface area contributed by atoms with Crippen LogP contribution in [0, 0.1) is 12.8 Å². The molecule has 9 heteroatoms. The maximum Gasteiger partial charge on any atom is 0.343 e. The Bertz CT molecular complexity index is 1200. The normalized spacial score (nSPS) is 17.7. The van der Waals surface area contributed by atoms with E-state index >= 15 is 0 Å². The molecular formula is C26H31N3O6. The van der Waals surface area contributed by atoms with E-state index in [0.717, 1.165) is 11.1 Å². The van der Waals surface area contributed by atoms with Crippen molar-refractivity contribution in [1.82, 2.24) is 14.4 Å². The number of aromatic nitrogens is 1. The fourth-order valence-electron chi connectivity index (χ4n) is 4.79. The van der Waals surface area contributed by atoms with Gasteiger partial charge in [0.05, 0.1) is 20.1 Å². The summed E-state index contributed by atoms with van der Waals surface area (Å²) in [7, 11) is 3.02. The van der Waals surface area contributed by atoms with Gasteiger partial charge in [-0.1, -0.05) is 24.3 Å². The van der Waals surface area contributed by atoms with Gasteiger partial charge in [0, 0.05) is 63.7 Å². The summed E-state index contributed by atoms with van der Waals surface area (Å²) >= 11 is 0. The third-order valence-corrected chi connectivity index (χ3v) is 6.83. The molecule has 0 saturated carbocycles. The molecule has 9 nitrogen and oxygen atoms in total. The quantitative estimate of drug-likeness (QED) is 0.579. The topological polar surface area (TPSA) is 98.2 Å². The van der Waals surface area contributed by atoms with E-state index in [9.17, 15) is 19.2 Å². The van der Waals surface area contributed by atoms with Crippen molar-refractivity contribution in [3.8, 4) is 5.75 Å². The van der Waals surface area contributed by atoms with Gasteiger partial charge in [0.15, 0.2) is 0 Å². The number of carbonyl (C=O) groups excluding carboxylic acids is 3. The van der Waals surface area contributed by atoms with Crippen LogP contribution in [0.3, 0.4) is 0 Å². The molecule has 1 fully saturated rings. The summed E-state index contributed by atoms with van der Waals surface area (Å²) in [6.07, 6.45) is 0.970. The van der Waals surface area contributed by atoms with Crippen LogP contribution in [-0.4, -0.2) is 72.5 Å². The summed E-state index contributed by atoms with van der Waals surface area (Å²) < 4.78 is 12.5. The highest BCUT2D eigenvalue weighted by Crippen LogP contribution is 2.26. The standard InChI is InChI=1S/C26H31N3O6/c1-17-6-4-5-7-19(17)13-23(31)28-9-8-20-25(26(33)34-3)21(14-24(32)29(20)11-10-28)35-16-18-12-22(30)27(2)15-18/h4-7,14,18H,8-13,15-16H2,1-3H3. The Labute approximate surface area is 204 Å². The van der Waals surface area contributed by atoms with Crippen molar-refractivity contribution in [2.24, 2.45) is 5.92 Å². The summed E-state index contributed by atoms with van der Waals surface area (Å²) in [6.45, 7) is 3.77. The molecule has 1 saturated heterocycles. The number of ether oxygens (including phenoxy) is 2. The van der Waals surface area contributed by atoms with Gasteiger partial charge in [0.1, 0.15) is 11.3 Å². The molecule has 1 unspecified atom stereocenters. The van der Waals surface area contributed by atoms with Gasteiger partial charge < -0.3 is 23.8 Å². The molecule has 2 amide bonds. The largest absolute Gasteiger partial charge is 0.492 e. The predicted molar refractivity (Wildman–Crippen MR) is 128 cm³/mol. The van der Waals surface area contributed by atoms with Gasteiger partial charge in [0.2, 0.25) is 11.8 Å². The lowest BCUT2D eigenvalue weighted by molar-refractivity contribution is -0.130. The molecule has 1 aromatic carbocycles. The fourth-order valence-corrected chi connectivity index (χ4v) is 4.79. The molecule has 0 aliphatic carbocycles. The number of fused-ring (bicyclic) bond motifs is 1. The Morgan fingerprint density at radius 3 is 2.57 bits per heavy atom. The first kappa shape index (κ1) is 24.5. The van der Waals surface area contributed by atoms with Crippen LogP contribution in [0.5, 0.6) is 5.75 Å². The molecule has 0 spiro atoms. The van der Waals surface area contributed by atoms with Crippen LogP contribution in [0.25, 0.3) is 0 Å². The van der Waals surface area contributed by atoms with Gasteiger partial charge in [-0.25, -0.2) is 4.79 Å². The predicted octanol–water partition coefficient (Wildman–Crippen LogP) is 1.43. The zero-order valence-electron chi connectivity index (χ0n) is 20.4. The average molecular weight is 482 g/mol. The van der Waals surface area contributed by atoms with E-state index in [-0.39, 0.29) is 54.2 Å². The molecule has 35 heavy (non-hydrogen) atoms. The second kappa shape index (κ2) is 10.3. The van der Waals surface area contributed by atoms with E-state index in [1.54, 1.807) is 16.8 Å². The molecule has 0 bridgehead atoms. The van der Waals surface area contributed by atoms with Gasteiger partial charge in [-0.2, -0.15) is 0 Å². The van der Waals surface area contributed by atoms with Gasteiger partial charge in [-0.05, 0) is 18.1 Å². The van der Waals surface area contributed by atoms with E-state index < -0.39 is 5.97 Å². The van der Waals surface area contributed by atoms with E-state index in [4.69, 9.17) is 9.47 Å². The monoisotopic (exact) mass is 481 g/mol. The van der Waals surface area contributed by atoms with Crippen LogP contribution in [0.1, 0.15) is 33.6 Å². The molecule has 186 valence electrons. The summed E-state index contributed by atoms with van der Waals surface area (Å²) in [5.41, 5.74) is 2.44. The zero-order chi connectivity index (χ0) is 25.1. The van der Waals surface area contributed by atoms with E-state index in [1.165, 1.54) is 17.7 Å². The first-order valence-corrected chi connectivity index (χ1v) is 11.8. The highest BCUT2D eigenvalue weighted by Gasteiger charge is 2.30. The van der Waals surface area contributed by atoms with Crippen molar-refractivity contribution < 1.29 is 23.9 Å². The Balaban J connectivity index is 1.55. The molecule has 1 atom stereocenters. The highest BCUT2D eigenvalue weighted by molar-refractivity contribution is 5.93. The first-order valence-electron chi connectivity index (χ1n) is 11.8. The number of hydrogen-bond donors (Lipinski definition) is 0. The number of nitrogens with zero attached hydrogens (tertiary/aromatic N) is 3. The van der Waals surface area contributed by atoms with Crippen molar-refractivity contribution in [2.45, 2.75) is 32.7 Å². The molecule has 2 aliphatic rings. The number of amides is 2. The van der Waals surface area contributed by atoms with E-state index in [0.29, 0.717) is 38.2 Å². The number of methoxy groups -OCH3 is 1.